The summed E-state index contributed by atoms with van der Waals surface area (Å²) in [7, 11) is 0. The fraction of sp³-hybridized carbons (Fsp3) is 0.700. The van der Waals surface area contributed by atoms with E-state index < -0.39 is 0 Å². The summed E-state index contributed by atoms with van der Waals surface area (Å²) in [5.41, 5.74) is 2.54. The van der Waals surface area contributed by atoms with Gasteiger partial charge in [-0.3, -0.25) is 0 Å². The van der Waals surface area contributed by atoms with E-state index in [2.05, 4.69) is 56.2 Å². The molecular weight excluding hydrogens is 404 g/mol. The van der Waals surface area contributed by atoms with Crippen molar-refractivity contribution in [1.29, 1.82) is 0 Å². The molecule has 0 saturated carbocycles. The summed E-state index contributed by atoms with van der Waals surface area (Å²) in [6, 6.07) is 8.89. The largest absolute Gasteiger partial charge is 0.365 e. The SMILES string of the molecule is CCCCCCCCCCCCc1ccc(N2C=CC(OC(C)CCCCCC)C=N2)cc1. The molecule has 0 amide bonds. The van der Waals surface area contributed by atoms with Gasteiger partial charge in [-0.15, -0.1) is 0 Å². The molecule has 0 radical (unpaired) electrons. The molecule has 1 aromatic carbocycles. The van der Waals surface area contributed by atoms with Crippen molar-refractivity contribution in [3.05, 3.63) is 42.1 Å². The van der Waals surface area contributed by atoms with Gasteiger partial charge in [-0.2, -0.15) is 5.10 Å². The Hall–Kier alpha value is -1.61. The van der Waals surface area contributed by atoms with Gasteiger partial charge >= 0.3 is 0 Å². The summed E-state index contributed by atoms with van der Waals surface area (Å²) in [5.74, 6) is 0. The minimum atomic E-state index is -0.0157. The summed E-state index contributed by atoms with van der Waals surface area (Å²) in [6.07, 6.45) is 27.7. The predicted molar refractivity (Wildman–Crippen MR) is 145 cm³/mol. The Morgan fingerprint density at radius 1 is 0.788 bits per heavy atom. The number of benzene rings is 1. The van der Waals surface area contributed by atoms with Gasteiger partial charge in [-0.1, -0.05) is 109 Å². The van der Waals surface area contributed by atoms with Gasteiger partial charge in [0.1, 0.15) is 6.10 Å². The van der Waals surface area contributed by atoms with E-state index in [1.165, 1.54) is 102 Å². The maximum absolute atomic E-state index is 6.11. The zero-order valence-electron chi connectivity index (χ0n) is 21.8. The van der Waals surface area contributed by atoms with E-state index in [0.29, 0.717) is 0 Å². The van der Waals surface area contributed by atoms with Crippen molar-refractivity contribution >= 4 is 11.9 Å². The Morgan fingerprint density at radius 3 is 1.94 bits per heavy atom. The number of ether oxygens (including phenoxy) is 1. The standard InChI is InChI=1S/C30H50N2O/c1-4-6-8-10-11-12-13-14-15-17-19-28-20-22-29(23-21-28)32-25-24-30(26-31-32)33-27(3)18-16-9-7-5-2/h20-27,30H,4-19H2,1-3H3. The lowest BCUT2D eigenvalue weighted by Gasteiger charge is -2.23. The Bertz CT molecular complexity index is 638. The molecule has 186 valence electrons. The first-order valence-corrected chi connectivity index (χ1v) is 14.0. The summed E-state index contributed by atoms with van der Waals surface area (Å²) >= 11 is 0. The zero-order chi connectivity index (χ0) is 23.6. The molecule has 1 aromatic rings. The molecule has 1 aliphatic rings. The molecule has 3 heteroatoms. The fourth-order valence-corrected chi connectivity index (χ4v) is 4.45. The van der Waals surface area contributed by atoms with Crippen molar-refractivity contribution < 1.29 is 4.74 Å². The summed E-state index contributed by atoms with van der Waals surface area (Å²) in [4.78, 5) is 0. The van der Waals surface area contributed by atoms with Crippen LogP contribution in [0.25, 0.3) is 0 Å². The smallest absolute Gasteiger partial charge is 0.115 e. The van der Waals surface area contributed by atoms with Gasteiger partial charge in [0.2, 0.25) is 0 Å². The van der Waals surface area contributed by atoms with Gasteiger partial charge in [-0.25, -0.2) is 5.01 Å². The minimum Gasteiger partial charge on any atom is -0.365 e. The van der Waals surface area contributed by atoms with E-state index in [9.17, 15) is 0 Å². The van der Waals surface area contributed by atoms with Gasteiger partial charge in [0.05, 0.1) is 18.0 Å². The van der Waals surface area contributed by atoms with Crippen LogP contribution in [0.1, 0.15) is 123 Å². The number of unbranched alkanes of at least 4 members (excludes halogenated alkanes) is 12. The van der Waals surface area contributed by atoms with Gasteiger partial charge in [0.25, 0.3) is 0 Å². The van der Waals surface area contributed by atoms with Crippen molar-refractivity contribution in [3.63, 3.8) is 0 Å². The van der Waals surface area contributed by atoms with E-state index in [1.807, 2.05) is 17.4 Å². The summed E-state index contributed by atoms with van der Waals surface area (Å²) < 4.78 is 6.11. The van der Waals surface area contributed by atoms with Gasteiger partial charge in [0.15, 0.2) is 0 Å². The average Bonchev–Trinajstić information content (AvgIpc) is 2.84. The quantitative estimate of drug-likeness (QED) is 0.195. The van der Waals surface area contributed by atoms with Crippen LogP contribution >= 0.6 is 0 Å². The predicted octanol–water partition coefficient (Wildman–Crippen LogP) is 9.21. The number of anilines is 1. The molecule has 0 aromatic heterocycles. The van der Waals surface area contributed by atoms with Crippen molar-refractivity contribution in [2.24, 2.45) is 5.10 Å². The van der Waals surface area contributed by atoms with E-state index >= 15 is 0 Å². The van der Waals surface area contributed by atoms with Gasteiger partial charge < -0.3 is 4.74 Å². The van der Waals surface area contributed by atoms with Crippen LogP contribution in [0.5, 0.6) is 0 Å². The highest BCUT2D eigenvalue weighted by atomic mass is 16.5. The third-order valence-corrected chi connectivity index (χ3v) is 6.63. The van der Waals surface area contributed by atoms with E-state index in [0.717, 1.165) is 12.1 Å². The molecule has 1 aliphatic heterocycles. The summed E-state index contributed by atoms with van der Waals surface area (Å²) in [6.45, 7) is 6.71. The third kappa shape index (κ3) is 12.4. The normalized spacial score (nSPS) is 16.5. The second kappa shape index (κ2) is 17.8. The second-order valence-corrected chi connectivity index (χ2v) is 9.81. The first-order chi connectivity index (χ1) is 16.2. The number of rotatable bonds is 19. The van der Waals surface area contributed by atoms with Crippen molar-refractivity contribution in [3.8, 4) is 0 Å². The molecule has 0 spiro atoms. The van der Waals surface area contributed by atoms with Crippen LogP contribution in [0.3, 0.4) is 0 Å². The third-order valence-electron chi connectivity index (χ3n) is 6.63. The van der Waals surface area contributed by atoms with Crippen LogP contribution in [0.2, 0.25) is 0 Å². The van der Waals surface area contributed by atoms with Crippen molar-refractivity contribution in [2.45, 2.75) is 136 Å². The molecule has 0 bridgehead atoms. The molecule has 0 saturated heterocycles. The van der Waals surface area contributed by atoms with Gasteiger partial charge in [0, 0.05) is 6.20 Å². The average molecular weight is 455 g/mol. The van der Waals surface area contributed by atoms with Gasteiger partial charge in [-0.05, 0) is 50.0 Å². The minimum absolute atomic E-state index is 0.0157. The number of nitrogens with zero attached hydrogens (tertiary/aromatic N) is 2. The molecule has 0 N–H and O–H groups in total. The highest BCUT2D eigenvalue weighted by molar-refractivity contribution is 5.70. The lowest BCUT2D eigenvalue weighted by molar-refractivity contribution is 0.0526. The van der Waals surface area contributed by atoms with Crippen LogP contribution in [0.4, 0.5) is 5.69 Å². The molecule has 2 atom stereocenters. The molecule has 0 aliphatic carbocycles. The molecule has 33 heavy (non-hydrogen) atoms. The van der Waals surface area contributed by atoms with E-state index in [-0.39, 0.29) is 12.2 Å². The second-order valence-electron chi connectivity index (χ2n) is 9.81. The summed E-state index contributed by atoms with van der Waals surface area (Å²) in [5, 5.41) is 6.54. The lowest BCUT2D eigenvalue weighted by atomic mass is 10.0. The first-order valence-electron chi connectivity index (χ1n) is 14.0. The molecular formula is C30H50N2O. The van der Waals surface area contributed by atoms with E-state index in [1.54, 1.807) is 0 Å². The Balaban J connectivity index is 1.58. The Kier molecular flexibility index (Phi) is 14.9. The van der Waals surface area contributed by atoms with Crippen LogP contribution < -0.4 is 5.01 Å². The molecule has 2 unspecified atom stereocenters. The van der Waals surface area contributed by atoms with Crippen LogP contribution in [0, 0.1) is 0 Å². The number of aryl methyl sites for hydroxylation is 1. The molecule has 1 heterocycles. The monoisotopic (exact) mass is 454 g/mol. The van der Waals surface area contributed by atoms with E-state index in [4.69, 9.17) is 4.74 Å². The lowest BCUT2D eigenvalue weighted by Crippen LogP contribution is -2.25. The number of hydrogen-bond donors (Lipinski definition) is 0. The number of hydrazone groups is 1. The molecule has 2 rings (SSSR count). The van der Waals surface area contributed by atoms with Crippen molar-refractivity contribution in [1.82, 2.24) is 0 Å². The maximum Gasteiger partial charge on any atom is 0.115 e. The van der Waals surface area contributed by atoms with Crippen LogP contribution in [0.15, 0.2) is 41.6 Å². The highest BCUT2D eigenvalue weighted by Gasteiger charge is 2.13. The topological polar surface area (TPSA) is 24.8 Å². The first kappa shape index (κ1) is 27.6. The highest BCUT2D eigenvalue weighted by Crippen LogP contribution is 2.20. The maximum atomic E-state index is 6.11. The zero-order valence-corrected chi connectivity index (χ0v) is 21.8. The van der Waals surface area contributed by atoms with Crippen LogP contribution in [-0.2, 0) is 11.2 Å². The molecule has 0 fully saturated rings. The Labute approximate surface area is 204 Å². The Morgan fingerprint density at radius 2 is 1.36 bits per heavy atom. The van der Waals surface area contributed by atoms with Crippen LogP contribution in [-0.4, -0.2) is 18.4 Å². The fourth-order valence-electron chi connectivity index (χ4n) is 4.45. The van der Waals surface area contributed by atoms with Crippen molar-refractivity contribution in [2.75, 3.05) is 5.01 Å². The number of hydrogen-bond acceptors (Lipinski definition) is 3. The molecule has 3 nitrogen and oxygen atoms in total.